The quantitative estimate of drug-likeness (QED) is 0.681. The molecule has 0 unspecified atom stereocenters. The lowest BCUT2D eigenvalue weighted by Gasteiger charge is -2.15. The van der Waals surface area contributed by atoms with Crippen LogP contribution >= 0.6 is 0 Å². The zero-order valence-electron chi connectivity index (χ0n) is 11.1. The zero-order chi connectivity index (χ0) is 15.1. The highest BCUT2D eigenvalue weighted by Gasteiger charge is 2.29. The van der Waals surface area contributed by atoms with Gasteiger partial charge in [0.2, 0.25) is 11.8 Å². The van der Waals surface area contributed by atoms with Gasteiger partial charge in [-0.3, -0.25) is 9.59 Å². The van der Waals surface area contributed by atoms with E-state index in [0.29, 0.717) is 0 Å². The third-order valence-electron chi connectivity index (χ3n) is 2.11. The molecule has 0 aromatic carbocycles. The van der Waals surface area contributed by atoms with E-state index in [4.69, 9.17) is 0 Å². The molecule has 2 N–H and O–H groups in total. The van der Waals surface area contributed by atoms with Crippen LogP contribution in [-0.4, -0.2) is 43.8 Å². The fraction of sp³-hybridized carbons (Fsp3) is 0.818. The first-order chi connectivity index (χ1) is 8.63. The Morgan fingerprint density at radius 3 is 1.95 bits per heavy atom. The Kier molecular flexibility index (Phi) is 7.43. The van der Waals surface area contributed by atoms with Crippen LogP contribution in [0.4, 0.5) is 13.2 Å². The maximum atomic E-state index is 11.8. The van der Waals surface area contributed by atoms with Crippen LogP contribution in [0.25, 0.3) is 0 Å². The minimum absolute atomic E-state index is 0.136. The molecule has 0 saturated heterocycles. The van der Waals surface area contributed by atoms with E-state index in [9.17, 15) is 22.8 Å². The fourth-order valence-electron chi connectivity index (χ4n) is 1.01. The first-order valence-electron chi connectivity index (χ1n) is 5.87. The molecule has 0 fully saturated rings. The average Bonchev–Trinajstić information content (AvgIpc) is 2.29. The summed E-state index contributed by atoms with van der Waals surface area (Å²) >= 11 is 0. The van der Waals surface area contributed by atoms with E-state index in [-0.39, 0.29) is 24.9 Å². The van der Waals surface area contributed by atoms with Gasteiger partial charge in [-0.25, -0.2) is 0 Å². The standard InChI is InChI=1S/C11H19F3N2O3/c1-7(2)9(17)15-4-5-16-10(18)8(3)19-6-11(12,13)14/h7-8H,4-6H2,1-3H3,(H,15,17)(H,16,18)/t8-/m1/s1. The summed E-state index contributed by atoms with van der Waals surface area (Å²) in [5.41, 5.74) is 0. The van der Waals surface area contributed by atoms with Gasteiger partial charge in [0.15, 0.2) is 0 Å². The van der Waals surface area contributed by atoms with Gasteiger partial charge in [-0.2, -0.15) is 13.2 Å². The third-order valence-corrected chi connectivity index (χ3v) is 2.11. The van der Waals surface area contributed by atoms with E-state index in [1.807, 2.05) is 0 Å². The predicted molar refractivity (Wildman–Crippen MR) is 62.3 cm³/mol. The number of amides is 2. The lowest BCUT2D eigenvalue weighted by Crippen LogP contribution is -2.41. The molecule has 0 aromatic heterocycles. The molecule has 0 heterocycles. The van der Waals surface area contributed by atoms with Crippen LogP contribution in [-0.2, 0) is 14.3 Å². The first-order valence-corrected chi connectivity index (χ1v) is 5.87. The van der Waals surface area contributed by atoms with E-state index in [1.54, 1.807) is 13.8 Å². The molecular weight excluding hydrogens is 265 g/mol. The van der Waals surface area contributed by atoms with Gasteiger partial charge in [0.05, 0.1) is 0 Å². The van der Waals surface area contributed by atoms with Crippen LogP contribution in [0.1, 0.15) is 20.8 Å². The lowest BCUT2D eigenvalue weighted by molar-refractivity contribution is -0.185. The highest BCUT2D eigenvalue weighted by atomic mass is 19.4. The van der Waals surface area contributed by atoms with Crippen molar-refractivity contribution >= 4 is 11.8 Å². The number of carbonyl (C=O) groups is 2. The number of halogens is 3. The van der Waals surface area contributed by atoms with Crippen molar-refractivity contribution in [2.24, 2.45) is 5.92 Å². The summed E-state index contributed by atoms with van der Waals surface area (Å²) < 4.78 is 39.9. The molecule has 5 nitrogen and oxygen atoms in total. The number of hydrogen-bond acceptors (Lipinski definition) is 3. The van der Waals surface area contributed by atoms with Crippen molar-refractivity contribution in [1.29, 1.82) is 0 Å². The summed E-state index contributed by atoms with van der Waals surface area (Å²) in [5, 5.41) is 4.93. The normalized spacial score (nSPS) is 13.2. The molecule has 0 aliphatic heterocycles. The average molecular weight is 284 g/mol. The third kappa shape index (κ3) is 9.29. The second-order valence-corrected chi connectivity index (χ2v) is 4.31. The van der Waals surface area contributed by atoms with Crippen molar-refractivity contribution in [3.8, 4) is 0 Å². The second-order valence-electron chi connectivity index (χ2n) is 4.31. The van der Waals surface area contributed by atoms with E-state index in [0.717, 1.165) is 0 Å². The minimum atomic E-state index is -4.46. The molecule has 2 amide bonds. The molecule has 19 heavy (non-hydrogen) atoms. The van der Waals surface area contributed by atoms with Crippen molar-refractivity contribution in [2.75, 3.05) is 19.7 Å². The van der Waals surface area contributed by atoms with Gasteiger partial charge in [0.1, 0.15) is 12.7 Å². The highest BCUT2D eigenvalue weighted by Crippen LogP contribution is 2.15. The monoisotopic (exact) mass is 284 g/mol. The Hall–Kier alpha value is -1.31. The SMILES string of the molecule is CC(C)C(=O)NCCNC(=O)[C@@H](C)OCC(F)(F)F. The van der Waals surface area contributed by atoms with E-state index >= 15 is 0 Å². The molecule has 0 aromatic rings. The largest absolute Gasteiger partial charge is 0.411 e. The molecule has 112 valence electrons. The Morgan fingerprint density at radius 2 is 1.53 bits per heavy atom. The van der Waals surface area contributed by atoms with Gasteiger partial charge in [0.25, 0.3) is 0 Å². The van der Waals surface area contributed by atoms with Crippen molar-refractivity contribution < 1.29 is 27.5 Å². The topological polar surface area (TPSA) is 67.4 Å². The minimum Gasteiger partial charge on any atom is -0.359 e. The summed E-state index contributed by atoms with van der Waals surface area (Å²) in [5.74, 6) is -0.969. The van der Waals surface area contributed by atoms with Crippen LogP contribution in [0.15, 0.2) is 0 Å². The Bertz CT molecular complexity index is 306. The van der Waals surface area contributed by atoms with Crippen molar-refractivity contribution in [2.45, 2.75) is 33.1 Å². The number of rotatable bonds is 7. The maximum Gasteiger partial charge on any atom is 0.411 e. The molecule has 0 spiro atoms. The van der Waals surface area contributed by atoms with Gasteiger partial charge >= 0.3 is 6.18 Å². The molecule has 0 aliphatic carbocycles. The molecule has 1 atom stereocenters. The summed E-state index contributed by atoms with van der Waals surface area (Å²) in [7, 11) is 0. The predicted octanol–water partition coefficient (Wildman–Crippen LogP) is 0.842. The summed E-state index contributed by atoms with van der Waals surface area (Å²) in [6, 6.07) is 0. The van der Waals surface area contributed by atoms with Crippen molar-refractivity contribution in [1.82, 2.24) is 10.6 Å². The van der Waals surface area contributed by atoms with Gasteiger partial charge < -0.3 is 15.4 Å². The van der Waals surface area contributed by atoms with Gasteiger partial charge in [-0.05, 0) is 6.92 Å². The Balaban J connectivity index is 3.77. The number of alkyl halides is 3. The van der Waals surface area contributed by atoms with Gasteiger partial charge in [-0.1, -0.05) is 13.8 Å². The molecule has 0 bridgehead atoms. The van der Waals surface area contributed by atoms with Crippen molar-refractivity contribution in [3.63, 3.8) is 0 Å². The summed E-state index contributed by atoms with van der Waals surface area (Å²) in [4.78, 5) is 22.5. The fourth-order valence-corrected chi connectivity index (χ4v) is 1.01. The lowest BCUT2D eigenvalue weighted by atomic mass is 10.2. The van der Waals surface area contributed by atoms with E-state index in [2.05, 4.69) is 15.4 Å². The van der Waals surface area contributed by atoms with E-state index in [1.165, 1.54) is 6.92 Å². The van der Waals surface area contributed by atoms with E-state index < -0.39 is 24.8 Å². The molecular formula is C11H19F3N2O3. The molecule has 0 aliphatic rings. The smallest absolute Gasteiger partial charge is 0.359 e. The number of nitrogens with one attached hydrogen (secondary N) is 2. The zero-order valence-corrected chi connectivity index (χ0v) is 11.1. The van der Waals surface area contributed by atoms with Crippen LogP contribution in [0.3, 0.4) is 0 Å². The molecule has 0 saturated carbocycles. The Labute approximate surface area is 109 Å². The summed E-state index contributed by atoms with van der Waals surface area (Å²) in [6.07, 6.45) is -5.65. The van der Waals surface area contributed by atoms with Gasteiger partial charge in [0, 0.05) is 19.0 Å². The van der Waals surface area contributed by atoms with Crippen LogP contribution < -0.4 is 10.6 Å². The number of hydrogen-bond donors (Lipinski definition) is 2. The van der Waals surface area contributed by atoms with Crippen LogP contribution in [0.2, 0.25) is 0 Å². The number of ether oxygens (including phenoxy) is 1. The molecule has 0 rings (SSSR count). The highest BCUT2D eigenvalue weighted by molar-refractivity contribution is 5.80. The van der Waals surface area contributed by atoms with Gasteiger partial charge in [-0.15, -0.1) is 0 Å². The van der Waals surface area contributed by atoms with Crippen LogP contribution in [0, 0.1) is 5.92 Å². The maximum absolute atomic E-state index is 11.8. The molecule has 0 radical (unpaired) electrons. The van der Waals surface area contributed by atoms with Crippen molar-refractivity contribution in [3.05, 3.63) is 0 Å². The summed E-state index contributed by atoms with van der Waals surface area (Å²) in [6.45, 7) is 3.56. The van der Waals surface area contributed by atoms with Crippen LogP contribution in [0.5, 0.6) is 0 Å². The number of carbonyl (C=O) groups excluding carboxylic acids is 2. The Morgan fingerprint density at radius 1 is 1.05 bits per heavy atom. The second kappa shape index (κ2) is 7.98. The molecule has 8 heteroatoms. The first kappa shape index (κ1) is 17.7.